The highest BCUT2D eigenvalue weighted by atomic mass is 79.9. The van der Waals surface area contributed by atoms with Gasteiger partial charge in [-0.2, -0.15) is 0 Å². The molecule has 1 aromatic carbocycles. The van der Waals surface area contributed by atoms with E-state index in [1.165, 1.54) is 13.2 Å². The quantitative estimate of drug-likeness (QED) is 0.688. The number of nitro benzene ring substituents is 1. The van der Waals surface area contributed by atoms with Gasteiger partial charge in [0.1, 0.15) is 17.3 Å². The van der Waals surface area contributed by atoms with Gasteiger partial charge in [0.2, 0.25) is 0 Å². The second-order valence-corrected chi connectivity index (χ2v) is 4.54. The molecule has 0 saturated carbocycles. The summed E-state index contributed by atoms with van der Waals surface area (Å²) in [6.07, 6.45) is 1.61. The fourth-order valence-electron chi connectivity index (χ4n) is 1.48. The zero-order valence-corrected chi connectivity index (χ0v) is 11.5. The average molecular weight is 324 g/mol. The number of hydrogen-bond acceptors (Lipinski definition) is 5. The molecule has 1 N–H and O–H groups in total. The Labute approximate surface area is 117 Å². The van der Waals surface area contributed by atoms with Crippen molar-refractivity contribution < 1.29 is 9.66 Å². The summed E-state index contributed by atoms with van der Waals surface area (Å²) >= 11 is 3.27. The molecule has 0 fully saturated rings. The van der Waals surface area contributed by atoms with E-state index in [1.54, 1.807) is 30.5 Å². The van der Waals surface area contributed by atoms with Crippen LogP contribution in [0.2, 0.25) is 0 Å². The van der Waals surface area contributed by atoms with E-state index >= 15 is 0 Å². The van der Waals surface area contributed by atoms with Crippen molar-refractivity contribution in [2.24, 2.45) is 0 Å². The lowest BCUT2D eigenvalue weighted by Gasteiger charge is -2.07. The number of methoxy groups -OCH3 is 1. The monoisotopic (exact) mass is 323 g/mol. The molecule has 0 saturated heterocycles. The number of pyridine rings is 1. The maximum atomic E-state index is 11.0. The van der Waals surface area contributed by atoms with Gasteiger partial charge in [-0.3, -0.25) is 10.1 Å². The van der Waals surface area contributed by atoms with Gasteiger partial charge in [0.15, 0.2) is 0 Å². The van der Waals surface area contributed by atoms with Crippen molar-refractivity contribution in [3.8, 4) is 5.75 Å². The standard InChI is InChI=1S/C12H10BrN3O3/c1-19-9-3-4-10(11(6-9)16(17)18)15-12-5-2-8(13)7-14-12/h2-7H,1H3,(H,14,15). The van der Waals surface area contributed by atoms with Gasteiger partial charge in [-0.15, -0.1) is 0 Å². The molecule has 0 spiro atoms. The number of ether oxygens (including phenoxy) is 1. The van der Waals surface area contributed by atoms with Crippen LogP contribution >= 0.6 is 15.9 Å². The second-order valence-electron chi connectivity index (χ2n) is 3.63. The van der Waals surface area contributed by atoms with E-state index in [-0.39, 0.29) is 5.69 Å². The molecular formula is C12H10BrN3O3. The first-order chi connectivity index (χ1) is 9.10. The van der Waals surface area contributed by atoms with E-state index in [0.29, 0.717) is 17.3 Å². The maximum Gasteiger partial charge on any atom is 0.296 e. The van der Waals surface area contributed by atoms with Crippen LogP contribution in [0.3, 0.4) is 0 Å². The minimum Gasteiger partial charge on any atom is -0.496 e. The van der Waals surface area contributed by atoms with Gasteiger partial charge in [-0.1, -0.05) is 0 Å². The van der Waals surface area contributed by atoms with Crippen molar-refractivity contribution in [1.82, 2.24) is 4.98 Å². The zero-order valence-electron chi connectivity index (χ0n) is 9.96. The van der Waals surface area contributed by atoms with Crippen LogP contribution < -0.4 is 10.1 Å². The second kappa shape index (κ2) is 5.66. The van der Waals surface area contributed by atoms with Crippen molar-refractivity contribution in [3.63, 3.8) is 0 Å². The molecule has 6 nitrogen and oxygen atoms in total. The highest BCUT2D eigenvalue weighted by Crippen LogP contribution is 2.30. The first-order valence-electron chi connectivity index (χ1n) is 5.31. The van der Waals surface area contributed by atoms with Crippen molar-refractivity contribution in [3.05, 3.63) is 51.1 Å². The smallest absolute Gasteiger partial charge is 0.296 e. The number of hydrogen-bond donors (Lipinski definition) is 1. The van der Waals surface area contributed by atoms with E-state index in [4.69, 9.17) is 4.74 Å². The minimum absolute atomic E-state index is 0.0657. The molecule has 0 radical (unpaired) electrons. The topological polar surface area (TPSA) is 77.3 Å². The molecule has 1 aromatic heterocycles. The van der Waals surface area contributed by atoms with Gasteiger partial charge in [-0.25, -0.2) is 4.98 Å². The van der Waals surface area contributed by atoms with E-state index in [0.717, 1.165) is 4.47 Å². The molecule has 0 aliphatic heterocycles. The average Bonchev–Trinajstić information content (AvgIpc) is 2.41. The number of aromatic nitrogens is 1. The molecule has 1 heterocycles. The molecule has 98 valence electrons. The fraction of sp³-hybridized carbons (Fsp3) is 0.0833. The maximum absolute atomic E-state index is 11.0. The van der Waals surface area contributed by atoms with Gasteiger partial charge < -0.3 is 10.1 Å². The Balaban J connectivity index is 2.33. The molecule has 0 atom stereocenters. The lowest BCUT2D eigenvalue weighted by Crippen LogP contribution is -1.99. The van der Waals surface area contributed by atoms with Crippen molar-refractivity contribution >= 4 is 33.1 Å². The molecule has 0 unspecified atom stereocenters. The van der Waals surface area contributed by atoms with Gasteiger partial charge in [-0.05, 0) is 40.2 Å². The van der Waals surface area contributed by atoms with Crippen LogP contribution in [0.5, 0.6) is 5.75 Å². The Bertz CT molecular complexity index is 602. The molecule has 0 aliphatic carbocycles. The third-order valence-electron chi connectivity index (χ3n) is 2.39. The first kappa shape index (κ1) is 13.3. The van der Waals surface area contributed by atoms with E-state index in [2.05, 4.69) is 26.2 Å². The Morgan fingerprint density at radius 3 is 2.74 bits per heavy atom. The van der Waals surface area contributed by atoms with E-state index < -0.39 is 4.92 Å². The first-order valence-corrected chi connectivity index (χ1v) is 6.10. The van der Waals surface area contributed by atoms with Gasteiger partial charge >= 0.3 is 0 Å². The van der Waals surface area contributed by atoms with E-state index in [9.17, 15) is 10.1 Å². The Hall–Kier alpha value is -2.15. The van der Waals surface area contributed by atoms with Crippen LogP contribution in [0, 0.1) is 10.1 Å². The van der Waals surface area contributed by atoms with Crippen LogP contribution in [-0.2, 0) is 0 Å². The summed E-state index contributed by atoms with van der Waals surface area (Å²) in [5.41, 5.74) is 0.296. The van der Waals surface area contributed by atoms with Gasteiger partial charge in [0.25, 0.3) is 5.69 Å². The normalized spacial score (nSPS) is 10.0. The van der Waals surface area contributed by atoms with Crippen LogP contribution in [-0.4, -0.2) is 17.0 Å². The van der Waals surface area contributed by atoms with Crippen LogP contribution in [0.1, 0.15) is 0 Å². The number of benzene rings is 1. The molecule has 2 rings (SSSR count). The van der Waals surface area contributed by atoms with Gasteiger partial charge in [0, 0.05) is 10.7 Å². The summed E-state index contributed by atoms with van der Waals surface area (Å²) in [5.74, 6) is 0.956. The predicted octanol–water partition coefficient (Wildman–Crippen LogP) is 3.50. The van der Waals surface area contributed by atoms with Crippen molar-refractivity contribution in [2.45, 2.75) is 0 Å². The molecule has 7 heteroatoms. The number of nitrogens with zero attached hydrogens (tertiary/aromatic N) is 2. The lowest BCUT2D eigenvalue weighted by molar-refractivity contribution is -0.384. The van der Waals surface area contributed by atoms with Crippen molar-refractivity contribution in [2.75, 3.05) is 12.4 Å². The number of nitro groups is 1. The molecular weight excluding hydrogens is 314 g/mol. The summed E-state index contributed by atoms with van der Waals surface area (Å²) in [5, 5.41) is 13.9. The number of anilines is 2. The Morgan fingerprint density at radius 1 is 1.37 bits per heavy atom. The summed E-state index contributed by atoms with van der Waals surface area (Å²) in [6.45, 7) is 0. The summed E-state index contributed by atoms with van der Waals surface area (Å²) < 4.78 is 5.81. The van der Waals surface area contributed by atoms with E-state index in [1.807, 2.05) is 0 Å². The molecule has 0 amide bonds. The van der Waals surface area contributed by atoms with Gasteiger partial charge in [0.05, 0.1) is 18.1 Å². The minimum atomic E-state index is -0.469. The summed E-state index contributed by atoms with van der Waals surface area (Å²) in [6, 6.07) is 8.11. The summed E-state index contributed by atoms with van der Waals surface area (Å²) in [7, 11) is 1.46. The zero-order chi connectivity index (χ0) is 13.8. The SMILES string of the molecule is COc1ccc(Nc2ccc(Br)cn2)c([N+](=O)[O-])c1. The molecule has 0 bridgehead atoms. The molecule has 0 aliphatic rings. The van der Waals surface area contributed by atoms with Crippen LogP contribution in [0.25, 0.3) is 0 Å². The molecule has 2 aromatic rings. The largest absolute Gasteiger partial charge is 0.496 e. The highest BCUT2D eigenvalue weighted by Gasteiger charge is 2.15. The third-order valence-corrected chi connectivity index (χ3v) is 2.86. The van der Waals surface area contributed by atoms with Crippen molar-refractivity contribution in [1.29, 1.82) is 0 Å². The number of halogens is 1. The highest BCUT2D eigenvalue weighted by molar-refractivity contribution is 9.10. The predicted molar refractivity (Wildman–Crippen MR) is 74.9 cm³/mol. The third kappa shape index (κ3) is 3.19. The Morgan fingerprint density at radius 2 is 2.16 bits per heavy atom. The number of rotatable bonds is 4. The fourth-order valence-corrected chi connectivity index (χ4v) is 1.72. The summed E-state index contributed by atoms with van der Waals surface area (Å²) in [4.78, 5) is 14.7. The molecule has 19 heavy (non-hydrogen) atoms. The van der Waals surface area contributed by atoms with Crippen LogP contribution in [0.15, 0.2) is 41.0 Å². The van der Waals surface area contributed by atoms with Crippen LogP contribution in [0.4, 0.5) is 17.2 Å². The number of nitrogens with one attached hydrogen (secondary N) is 1. The lowest BCUT2D eigenvalue weighted by atomic mass is 10.2. The Kier molecular flexibility index (Phi) is 3.96.